The first kappa shape index (κ1) is 17.6. The molecule has 1 aromatic carbocycles. The Bertz CT molecular complexity index is 784. The SMILES string of the molecule is C[C@@H](CCc1ccco1)NC(=O)c1ccc(Cl)c(S(C)(=O)=O)c1. The van der Waals surface area contributed by atoms with E-state index in [0.717, 1.165) is 12.0 Å². The fraction of sp³-hybridized carbons (Fsp3) is 0.312. The fourth-order valence-electron chi connectivity index (χ4n) is 2.12. The number of aryl methyl sites for hydroxylation is 1. The van der Waals surface area contributed by atoms with E-state index in [1.807, 2.05) is 19.1 Å². The molecule has 1 N–H and O–H groups in total. The number of benzene rings is 1. The van der Waals surface area contributed by atoms with Crippen LogP contribution in [-0.2, 0) is 16.3 Å². The van der Waals surface area contributed by atoms with Gasteiger partial charge >= 0.3 is 0 Å². The predicted molar refractivity (Wildman–Crippen MR) is 88.5 cm³/mol. The molecular weight excluding hydrogens is 338 g/mol. The monoisotopic (exact) mass is 355 g/mol. The first-order valence-corrected chi connectivity index (χ1v) is 9.37. The molecule has 0 saturated carbocycles. The lowest BCUT2D eigenvalue weighted by Crippen LogP contribution is -2.33. The molecule has 0 aliphatic heterocycles. The number of carbonyl (C=O) groups is 1. The summed E-state index contributed by atoms with van der Waals surface area (Å²) >= 11 is 5.88. The van der Waals surface area contributed by atoms with E-state index >= 15 is 0 Å². The molecule has 1 atom stereocenters. The van der Waals surface area contributed by atoms with Crippen LogP contribution in [0.15, 0.2) is 45.9 Å². The van der Waals surface area contributed by atoms with E-state index in [9.17, 15) is 13.2 Å². The Hall–Kier alpha value is -1.79. The lowest BCUT2D eigenvalue weighted by Gasteiger charge is -2.14. The predicted octanol–water partition coefficient (Wildman–Crippen LogP) is 3.09. The van der Waals surface area contributed by atoms with Crippen molar-refractivity contribution in [2.24, 2.45) is 0 Å². The molecule has 1 aromatic heterocycles. The van der Waals surface area contributed by atoms with Gasteiger partial charge in [-0.05, 0) is 43.7 Å². The molecular formula is C16H18ClNO4S. The highest BCUT2D eigenvalue weighted by atomic mass is 35.5. The van der Waals surface area contributed by atoms with Crippen LogP contribution >= 0.6 is 11.6 Å². The van der Waals surface area contributed by atoms with Gasteiger partial charge in [0.05, 0.1) is 16.2 Å². The van der Waals surface area contributed by atoms with Crippen molar-refractivity contribution in [3.8, 4) is 0 Å². The summed E-state index contributed by atoms with van der Waals surface area (Å²) in [7, 11) is -3.48. The van der Waals surface area contributed by atoms with E-state index in [0.29, 0.717) is 12.8 Å². The second-order valence-corrected chi connectivity index (χ2v) is 7.80. The third kappa shape index (κ3) is 4.84. The van der Waals surface area contributed by atoms with Gasteiger partial charge in [-0.2, -0.15) is 0 Å². The molecule has 0 aliphatic carbocycles. The van der Waals surface area contributed by atoms with E-state index in [-0.39, 0.29) is 27.4 Å². The van der Waals surface area contributed by atoms with Crippen LogP contribution in [0.5, 0.6) is 0 Å². The van der Waals surface area contributed by atoms with Gasteiger partial charge in [0.25, 0.3) is 5.91 Å². The fourth-order valence-corrected chi connectivity index (χ4v) is 3.42. The van der Waals surface area contributed by atoms with Crippen molar-refractivity contribution < 1.29 is 17.6 Å². The van der Waals surface area contributed by atoms with Gasteiger partial charge in [-0.15, -0.1) is 0 Å². The largest absolute Gasteiger partial charge is 0.469 e. The Kier molecular flexibility index (Phi) is 5.49. The summed E-state index contributed by atoms with van der Waals surface area (Å²) in [6, 6.07) is 7.84. The first-order valence-electron chi connectivity index (χ1n) is 7.10. The average molecular weight is 356 g/mol. The maximum absolute atomic E-state index is 12.2. The van der Waals surface area contributed by atoms with Crippen LogP contribution in [0.1, 0.15) is 29.5 Å². The van der Waals surface area contributed by atoms with Gasteiger partial charge in [-0.3, -0.25) is 4.79 Å². The van der Waals surface area contributed by atoms with E-state index < -0.39 is 9.84 Å². The molecule has 124 valence electrons. The highest BCUT2D eigenvalue weighted by molar-refractivity contribution is 7.90. The zero-order valence-corrected chi connectivity index (χ0v) is 14.4. The van der Waals surface area contributed by atoms with E-state index in [1.54, 1.807) is 6.26 Å². The molecule has 7 heteroatoms. The van der Waals surface area contributed by atoms with Crippen LogP contribution in [0.25, 0.3) is 0 Å². The molecule has 23 heavy (non-hydrogen) atoms. The quantitative estimate of drug-likeness (QED) is 0.863. The van der Waals surface area contributed by atoms with E-state index in [4.69, 9.17) is 16.0 Å². The minimum Gasteiger partial charge on any atom is -0.469 e. The number of carbonyl (C=O) groups excluding carboxylic acids is 1. The highest BCUT2D eigenvalue weighted by Crippen LogP contribution is 2.22. The Balaban J connectivity index is 2.03. The Labute approximate surface area is 140 Å². The Morgan fingerprint density at radius 2 is 2.09 bits per heavy atom. The van der Waals surface area contributed by atoms with Crippen molar-refractivity contribution in [3.63, 3.8) is 0 Å². The standard InChI is InChI=1S/C16H18ClNO4S/c1-11(5-7-13-4-3-9-22-13)18-16(19)12-6-8-14(17)15(10-12)23(2,20)21/h3-4,6,8-11H,5,7H2,1-2H3,(H,18,19)/t11-/m0/s1. The average Bonchev–Trinajstić information content (AvgIpc) is 2.97. The Morgan fingerprint density at radius 1 is 1.35 bits per heavy atom. The van der Waals surface area contributed by atoms with E-state index in [1.165, 1.54) is 18.2 Å². The van der Waals surface area contributed by atoms with Crippen molar-refractivity contribution >= 4 is 27.3 Å². The second kappa shape index (κ2) is 7.19. The summed E-state index contributed by atoms with van der Waals surface area (Å²) in [6.07, 6.45) is 4.09. The van der Waals surface area contributed by atoms with Crippen LogP contribution in [0.2, 0.25) is 5.02 Å². The van der Waals surface area contributed by atoms with Crippen molar-refractivity contribution in [2.45, 2.75) is 30.7 Å². The maximum Gasteiger partial charge on any atom is 0.251 e. The summed E-state index contributed by atoms with van der Waals surface area (Å²) in [5.74, 6) is 0.524. The lowest BCUT2D eigenvalue weighted by molar-refractivity contribution is 0.0938. The number of hydrogen-bond acceptors (Lipinski definition) is 4. The van der Waals surface area contributed by atoms with Crippen LogP contribution < -0.4 is 5.32 Å². The summed E-state index contributed by atoms with van der Waals surface area (Å²) in [6.45, 7) is 1.88. The number of hydrogen-bond donors (Lipinski definition) is 1. The molecule has 1 amide bonds. The van der Waals surface area contributed by atoms with Gasteiger partial charge in [-0.1, -0.05) is 11.6 Å². The molecule has 0 spiro atoms. The number of amides is 1. The van der Waals surface area contributed by atoms with Crippen LogP contribution in [0.4, 0.5) is 0 Å². The zero-order valence-electron chi connectivity index (χ0n) is 12.9. The summed E-state index contributed by atoms with van der Waals surface area (Å²) in [5, 5.41) is 2.94. The van der Waals surface area contributed by atoms with Crippen molar-refractivity contribution in [1.82, 2.24) is 5.32 Å². The molecule has 0 bridgehead atoms. The minimum atomic E-state index is -3.48. The normalized spacial score (nSPS) is 12.8. The van der Waals surface area contributed by atoms with Gasteiger partial charge < -0.3 is 9.73 Å². The summed E-state index contributed by atoms with van der Waals surface area (Å²) in [5.41, 5.74) is 0.264. The smallest absolute Gasteiger partial charge is 0.251 e. The van der Waals surface area contributed by atoms with Gasteiger partial charge in [-0.25, -0.2) is 8.42 Å². The Morgan fingerprint density at radius 3 is 2.70 bits per heavy atom. The maximum atomic E-state index is 12.2. The molecule has 0 aliphatic rings. The molecule has 2 rings (SSSR count). The van der Waals surface area contributed by atoms with Crippen molar-refractivity contribution in [1.29, 1.82) is 0 Å². The highest BCUT2D eigenvalue weighted by Gasteiger charge is 2.17. The summed E-state index contributed by atoms with van der Waals surface area (Å²) in [4.78, 5) is 12.2. The van der Waals surface area contributed by atoms with Gasteiger partial charge in [0.1, 0.15) is 5.76 Å². The topological polar surface area (TPSA) is 76.4 Å². The van der Waals surface area contributed by atoms with Crippen LogP contribution in [0.3, 0.4) is 0 Å². The first-order chi connectivity index (χ1) is 10.8. The molecule has 2 aromatic rings. The number of halogens is 1. The number of rotatable bonds is 6. The molecule has 0 radical (unpaired) electrons. The molecule has 0 fully saturated rings. The van der Waals surface area contributed by atoms with Crippen LogP contribution in [-0.4, -0.2) is 26.6 Å². The zero-order chi connectivity index (χ0) is 17.0. The number of furan rings is 1. The van der Waals surface area contributed by atoms with Crippen molar-refractivity contribution in [2.75, 3.05) is 6.26 Å². The lowest BCUT2D eigenvalue weighted by atomic mass is 10.1. The second-order valence-electron chi connectivity index (χ2n) is 5.41. The van der Waals surface area contributed by atoms with E-state index in [2.05, 4.69) is 5.32 Å². The molecule has 1 heterocycles. The third-order valence-corrected chi connectivity index (χ3v) is 4.95. The minimum absolute atomic E-state index is 0.0462. The van der Waals surface area contributed by atoms with Crippen molar-refractivity contribution in [3.05, 3.63) is 52.9 Å². The van der Waals surface area contributed by atoms with Crippen LogP contribution in [0, 0.1) is 0 Å². The number of nitrogens with one attached hydrogen (secondary N) is 1. The van der Waals surface area contributed by atoms with Gasteiger partial charge in [0.2, 0.25) is 0 Å². The molecule has 0 saturated heterocycles. The summed E-state index contributed by atoms with van der Waals surface area (Å²) < 4.78 is 28.6. The molecule has 5 nitrogen and oxygen atoms in total. The molecule has 0 unspecified atom stereocenters. The van der Waals surface area contributed by atoms with Gasteiger partial charge in [0, 0.05) is 24.3 Å². The number of sulfone groups is 1. The third-order valence-electron chi connectivity index (χ3n) is 3.37. The van der Waals surface area contributed by atoms with Gasteiger partial charge in [0.15, 0.2) is 9.84 Å².